The molecule has 1 fully saturated rings. The normalized spacial score (nSPS) is 14.6. The largest absolute Gasteiger partial charge is 0.362 e. The fourth-order valence-corrected chi connectivity index (χ4v) is 3.51. The Hall–Kier alpha value is -2.86. The van der Waals surface area contributed by atoms with Gasteiger partial charge in [0.05, 0.1) is 4.92 Å². The van der Waals surface area contributed by atoms with Crippen molar-refractivity contribution in [3.05, 3.63) is 74.8 Å². The Kier molecular flexibility index (Phi) is 6.54. The Morgan fingerprint density at radius 3 is 2.34 bits per heavy atom. The maximum absolute atomic E-state index is 12.5. The number of rotatable bonds is 5. The van der Waals surface area contributed by atoms with Crippen LogP contribution < -0.4 is 4.90 Å². The number of nitro groups is 1. The van der Waals surface area contributed by atoms with Crippen molar-refractivity contribution in [3.63, 3.8) is 0 Å². The zero-order chi connectivity index (χ0) is 21.0. The SMILES string of the molecule is CC(C)c1ccc(/C=C/C(=O)N2CCN(c3ccc(Cl)cc3[N+](=O)[O-])CC2)cc1. The second kappa shape index (κ2) is 9.09. The molecule has 3 rings (SSSR count). The van der Waals surface area contributed by atoms with Crippen molar-refractivity contribution in [2.75, 3.05) is 31.1 Å². The molecule has 0 unspecified atom stereocenters. The summed E-state index contributed by atoms with van der Waals surface area (Å²) in [7, 11) is 0. The number of halogens is 1. The molecule has 0 aromatic heterocycles. The Bertz CT molecular complexity index is 917. The standard InChI is InChI=1S/C22H24ClN3O3/c1-16(2)18-6-3-17(4-7-18)5-10-22(27)25-13-11-24(12-14-25)20-9-8-19(23)15-21(20)26(28)29/h3-10,15-16H,11-14H2,1-2H3/b10-5+. The Balaban J connectivity index is 1.60. The summed E-state index contributed by atoms with van der Waals surface area (Å²) < 4.78 is 0. The van der Waals surface area contributed by atoms with Crippen LogP contribution in [-0.4, -0.2) is 41.9 Å². The first-order valence-corrected chi connectivity index (χ1v) is 9.99. The van der Waals surface area contributed by atoms with E-state index in [1.54, 1.807) is 23.1 Å². The van der Waals surface area contributed by atoms with Gasteiger partial charge in [0.15, 0.2) is 0 Å². The molecule has 0 atom stereocenters. The first kappa shape index (κ1) is 20.9. The molecular formula is C22H24ClN3O3. The minimum atomic E-state index is -0.425. The van der Waals surface area contributed by atoms with Crippen molar-refractivity contribution in [2.45, 2.75) is 19.8 Å². The molecule has 152 valence electrons. The van der Waals surface area contributed by atoms with Crippen LogP contribution in [0, 0.1) is 10.1 Å². The number of piperazine rings is 1. The van der Waals surface area contributed by atoms with E-state index in [2.05, 4.69) is 26.0 Å². The predicted molar refractivity (Wildman–Crippen MR) is 116 cm³/mol. The highest BCUT2D eigenvalue weighted by molar-refractivity contribution is 6.30. The number of anilines is 1. The van der Waals surface area contributed by atoms with Crippen molar-refractivity contribution in [2.24, 2.45) is 0 Å². The van der Waals surface area contributed by atoms with Crippen LogP contribution in [0.1, 0.15) is 30.9 Å². The van der Waals surface area contributed by atoms with Gasteiger partial charge >= 0.3 is 0 Å². The molecule has 1 amide bonds. The second-order valence-electron chi connectivity index (χ2n) is 7.36. The van der Waals surface area contributed by atoms with Crippen LogP contribution in [-0.2, 0) is 4.79 Å². The highest BCUT2D eigenvalue weighted by Gasteiger charge is 2.25. The molecule has 6 nitrogen and oxygen atoms in total. The summed E-state index contributed by atoms with van der Waals surface area (Å²) in [6, 6.07) is 12.8. The van der Waals surface area contributed by atoms with Gasteiger partial charge in [0.1, 0.15) is 5.69 Å². The quantitative estimate of drug-likeness (QED) is 0.403. The van der Waals surface area contributed by atoms with Gasteiger partial charge in [-0.25, -0.2) is 0 Å². The van der Waals surface area contributed by atoms with E-state index in [9.17, 15) is 14.9 Å². The van der Waals surface area contributed by atoms with E-state index in [0.717, 1.165) is 5.56 Å². The molecule has 7 heteroatoms. The summed E-state index contributed by atoms with van der Waals surface area (Å²) >= 11 is 5.89. The minimum Gasteiger partial charge on any atom is -0.362 e. The van der Waals surface area contributed by atoms with Gasteiger partial charge in [0.2, 0.25) is 5.91 Å². The van der Waals surface area contributed by atoms with Gasteiger partial charge in [-0.15, -0.1) is 0 Å². The van der Waals surface area contributed by atoms with Crippen molar-refractivity contribution >= 4 is 35.0 Å². The number of nitro benzene ring substituents is 1. The number of amides is 1. The molecule has 1 saturated heterocycles. The summed E-state index contributed by atoms with van der Waals surface area (Å²) in [5, 5.41) is 11.6. The van der Waals surface area contributed by atoms with Gasteiger partial charge < -0.3 is 9.80 Å². The smallest absolute Gasteiger partial charge is 0.294 e. The van der Waals surface area contributed by atoms with Gasteiger partial charge in [-0.3, -0.25) is 14.9 Å². The van der Waals surface area contributed by atoms with Gasteiger partial charge in [0, 0.05) is 43.3 Å². The van der Waals surface area contributed by atoms with Crippen molar-refractivity contribution < 1.29 is 9.72 Å². The molecule has 0 N–H and O–H groups in total. The van der Waals surface area contributed by atoms with Crippen LogP contribution in [0.15, 0.2) is 48.5 Å². The summed E-state index contributed by atoms with van der Waals surface area (Å²) in [6.07, 6.45) is 3.41. The van der Waals surface area contributed by atoms with E-state index >= 15 is 0 Å². The summed E-state index contributed by atoms with van der Waals surface area (Å²) in [5.74, 6) is 0.422. The van der Waals surface area contributed by atoms with Crippen LogP contribution in [0.4, 0.5) is 11.4 Å². The van der Waals surface area contributed by atoms with E-state index < -0.39 is 4.92 Å². The molecule has 0 aliphatic carbocycles. The number of hydrogen-bond donors (Lipinski definition) is 0. The maximum Gasteiger partial charge on any atom is 0.294 e. The molecule has 1 heterocycles. The fraction of sp³-hybridized carbons (Fsp3) is 0.318. The minimum absolute atomic E-state index is 0.0120. The van der Waals surface area contributed by atoms with Crippen LogP contribution in [0.3, 0.4) is 0 Å². The zero-order valence-corrected chi connectivity index (χ0v) is 17.3. The second-order valence-corrected chi connectivity index (χ2v) is 7.79. The van der Waals surface area contributed by atoms with E-state index in [0.29, 0.717) is 42.8 Å². The molecular weight excluding hydrogens is 390 g/mol. The van der Waals surface area contributed by atoms with E-state index in [1.807, 2.05) is 23.1 Å². The molecule has 1 aliphatic heterocycles. The highest BCUT2D eigenvalue weighted by atomic mass is 35.5. The average molecular weight is 414 g/mol. The van der Waals surface area contributed by atoms with Crippen molar-refractivity contribution in [1.29, 1.82) is 0 Å². The number of benzene rings is 2. The van der Waals surface area contributed by atoms with Crippen LogP contribution in [0.2, 0.25) is 5.02 Å². The number of carbonyl (C=O) groups excluding carboxylic acids is 1. The Morgan fingerprint density at radius 2 is 1.76 bits per heavy atom. The average Bonchev–Trinajstić information content (AvgIpc) is 2.72. The van der Waals surface area contributed by atoms with Crippen LogP contribution >= 0.6 is 11.6 Å². The topological polar surface area (TPSA) is 66.7 Å². The fourth-order valence-electron chi connectivity index (χ4n) is 3.34. The molecule has 1 aliphatic rings. The van der Waals surface area contributed by atoms with E-state index in [4.69, 9.17) is 11.6 Å². The maximum atomic E-state index is 12.5. The first-order valence-electron chi connectivity index (χ1n) is 9.61. The molecule has 0 spiro atoms. The number of carbonyl (C=O) groups is 1. The highest BCUT2D eigenvalue weighted by Crippen LogP contribution is 2.31. The van der Waals surface area contributed by atoms with Crippen LogP contribution in [0.5, 0.6) is 0 Å². The van der Waals surface area contributed by atoms with Gasteiger partial charge in [-0.2, -0.15) is 0 Å². The molecule has 0 radical (unpaired) electrons. The van der Waals surface area contributed by atoms with Crippen molar-refractivity contribution in [1.82, 2.24) is 4.90 Å². The predicted octanol–water partition coefficient (Wildman–Crippen LogP) is 4.73. The first-order chi connectivity index (χ1) is 13.8. The van der Waals surface area contributed by atoms with Gasteiger partial charge in [-0.1, -0.05) is 49.7 Å². The number of hydrogen-bond acceptors (Lipinski definition) is 4. The summed E-state index contributed by atoms with van der Waals surface area (Å²) in [5.41, 5.74) is 2.77. The lowest BCUT2D eigenvalue weighted by Crippen LogP contribution is -2.48. The monoisotopic (exact) mass is 413 g/mol. The third-order valence-electron chi connectivity index (χ3n) is 5.09. The van der Waals surface area contributed by atoms with E-state index in [1.165, 1.54) is 11.6 Å². The molecule has 29 heavy (non-hydrogen) atoms. The van der Waals surface area contributed by atoms with E-state index in [-0.39, 0.29) is 11.6 Å². The lowest BCUT2D eigenvalue weighted by Gasteiger charge is -2.35. The summed E-state index contributed by atoms with van der Waals surface area (Å²) in [6.45, 7) is 6.38. The Labute approximate surface area is 175 Å². The van der Waals surface area contributed by atoms with Crippen LogP contribution in [0.25, 0.3) is 6.08 Å². The third kappa shape index (κ3) is 5.15. The third-order valence-corrected chi connectivity index (χ3v) is 5.32. The molecule has 2 aromatic rings. The lowest BCUT2D eigenvalue weighted by atomic mass is 10.0. The molecule has 0 saturated carbocycles. The molecule has 2 aromatic carbocycles. The Morgan fingerprint density at radius 1 is 1.10 bits per heavy atom. The zero-order valence-electron chi connectivity index (χ0n) is 16.5. The molecule has 0 bridgehead atoms. The lowest BCUT2D eigenvalue weighted by molar-refractivity contribution is -0.384. The summed E-state index contributed by atoms with van der Waals surface area (Å²) in [4.78, 5) is 27.1. The van der Waals surface area contributed by atoms with Crippen molar-refractivity contribution in [3.8, 4) is 0 Å². The van der Waals surface area contributed by atoms with Gasteiger partial charge in [-0.05, 0) is 35.3 Å². The number of nitrogens with zero attached hydrogens (tertiary/aromatic N) is 3. The van der Waals surface area contributed by atoms with Gasteiger partial charge in [0.25, 0.3) is 5.69 Å².